The molecule has 4 heteroatoms. The Morgan fingerprint density at radius 3 is 2.29 bits per heavy atom. The van der Waals surface area contributed by atoms with Crippen LogP contribution in [0.1, 0.15) is 24.3 Å². The van der Waals surface area contributed by atoms with E-state index >= 15 is 0 Å². The van der Waals surface area contributed by atoms with Crippen molar-refractivity contribution in [2.45, 2.75) is 18.8 Å². The molecule has 0 saturated carbocycles. The molecular formula is C10H10N2O2. The molecule has 14 heavy (non-hydrogen) atoms. The van der Waals surface area contributed by atoms with E-state index in [0.29, 0.717) is 12.8 Å². The molecule has 2 amide bonds. The van der Waals surface area contributed by atoms with Crippen molar-refractivity contribution < 1.29 is 9.59 Å². The summed E-state index contributed by atoms with van der Waals surface area (Å²) in [5.74, 6) is -0.370. The molecule has 0 aliphatic carbocycles. The van der Waals surface area contributed by atoms with Gasteiger partial charge in [-0.2, -0.15) is 0 Å². The molecule has 2 rings (SSSR count). The molecule has 0 unspecified atom stereocenters. The van der Waals surface area contributed by atoms with E-state index in [0.717, 1.165) is 5.56 Å². The summed E-state index contributed by atoms with van der Waals surface area (Å²) < 4.78 is 0. The van der Waals surface area contributed by atoms with Gasteiger partial charge in [-0.15, -0.1) is 0 Å². The van der Waals surface area contributed by atoms with E-state index in [4.69, 9.17) is 0 Å². The van der Waals surface area contributed by atoms with Crippen LogP contribution in [0.4, 0.5) is 0 Å². The maximum absolute atomic E-state index is 11.1. The first kappa shape index (κ1) is 8.87. The SMILES string of the molecule is O=C1CC(c2ccncc2)CC(=O)N1. The van der Waals surface area contributed by atoms with Gasteiger partial charge in [-0.3, -0.25) is 19.9 Å². The number of amides is 2. The highest BCUT2D eigenvalue weighted by molar-refractivity contribution is 5.98. The van der Waals surface area contributed by atoms with E-state index in [1.165, 1.54) is 0 Å². The minimum atomic E-state index is -0.192. The second kappa shape index (κ2) is 3.57. The van der Waals surface area contributed by atoms with Crippen molar-refractivity contribution in [3.05, 3.63) is 30.1 Å². The normalized spacial score (nSPS) is 18.0. The Morgan fingerprint density at radius 2 is 1.71 bits per heavy atom. The van der Waals surface area contributed by atoms with Crippen molar-refractivity contribution in [2.75, 3.05) is 0 Å². The summed E-state index contributed by atoms with van der Waals surface area (Å²) >= 11 is 0. The van der Waals surface area contributed by atoms with Gasteiger partial charge in [0.2, 0.25) is 11.8 Å². The molecule has 0 atom stereocenters. The molecule has 72 valence electrons. The van der Waals surface area contributed by atoms with Crippen LogP contribution in [0, 0.1) is 0 Å². The second-order valence-corrected chi connectivity index (χ2v) is 3.36. The van der Waals surface area contributed by atoms with Gasteiger partial charge in [0.25, 0.3) is 0 Å². The van der Waals surface area contributed by atoms with Crippen LogP contribution in [0.5, 0.6) is 0 Å². The summed E-state index contributed by atoms with van der Waals surface area (Å²) in [7, 11) is 0. The molecule has 0 radical (unpaired) electrons. The Balaban J connectivity index is 2.19. The van der Waals surface area contributed by atoms with Crippen LogP contribution < -0.4 is 5.32 Å². The molecule has 1 aromatic heterocycles. The van der Waals surface area contributed by atoms with Gasteiger partial charge in [0.15, 0.2) is 0 Å². The van der Waals surface area contributed by atoms with E-state index in [-0.39, 0.29) is 17.7 Å². The summed E-state index contributed by atoms with van der Waals surface area (Å²) in [6.45, 7) is 0. The van der Waals surface area contributed by atoms with Gasteiger partial charge in [0, 0.05) is 31.2 Å². The maximum Gasteiger partial charge on any atom is 0.227 e. The lowest BCUT2D eigenvalue weighted by molar-refractivity contribution is -0.133. The van der Waals surface area contributed by atoms with Gasteiger partial charge >= 0.3 is 0 Å². The van der Waals surface area contributed by atoms with Crippen molar-refractivity contribution in [2.24, 2.45) is 0 Å². The zero-order valence-electron chi connectivity index (χ0n) is 7.56. The number of carbonyl (C=O) groups is 2. The molecule has 1 aliphatic heterocycles. The molecule has 0 aromatic carbocycles. The predicted molar refractivity (Wildman–Crippen MR) is 49.4 cm³/mol. The van der Waals surface area contributed by atoms with Crippen LogP contribution in [-0.2, 0) is 9.59 Å². The van der Waals surface area contributed by atoms with Gasteiger partial charge in [-0.1, -0.05) is 0 Å². The first-order valence-electron chi connectivity index (χ1n) is 4.48. The number of rotatable bonds is 1. The first-order valence-corrected chi connectivity index (χ1v) is 4.48. The van der Waals surface area contributed by atoms with Crippen LogP contribution in [0.3, 0.4) is 0 Å². The van der Waals surface area contributed by atoms with Gasteiger partial charge in [0.1, 0.15) is 0 Å². The predicted octanol–water partition coefficient (Wildman–Crippen LogP) is 0.602. The number of nitrogens with one attached hydrogen (secondary N) is 1. The number of aromatic nitrogens is 1. The lowest BCUT2D eigenvalue weighted by Crippen LogP contribution is -2.37. The Bertz CT molecular complexity index is 346. The van der Waals surface area contributed by atoms with E-state index in [1.54, 1.807) is 12.4 Å². The summed E-state index contributed by atoms with van der Waals surface area (Å²) in [5.41, 5.74) is 1.00. The fraction of sp³-hybridized carbons (Fsp3) is 0.300. The third-order valence-corrected chi connectivity index (χ3v) is 2.32. The Kier molecular flexibility index (Phi) is 2.26. The Hall–Kier alpha value is -1.71. The van der Waals surface area contributed by atoms with Crippen molar-refractivity contribution in [1.82, 2.24) is 10.3 Å². The summed E-state index contributed by atoms with van der Waals surface area (Å²) in [6.07, 6.45) is 4.12. The minimum Gasteiger partial charge on any atom is -0.296 e. The highest BCUT2D eigenvalue weighted by Gasteiger charge is 2.25. The fourth-order valence-electron chi connectivity index (χ4n) is 1.65. The third-order valence-electron chi connectivity index (χ3n) is 2.32. The highest BCUT2D eigenvalue weighted by Crippen LogP contribution is 2.25. The van der Waals surface area contributed by atoms with Crippen molar-refractivity contribution in [3.63, 3.8) is 0 Å². The lowest BCUT2D eigenvalue weighted by Gasteiger charge is -2.20. The van der Waals surface area contributed by atoms with Crippen molar-refractivity contribution in [1.29, 1.82) is 0 Å². The zero-order chi connectivity index (χ0) is 9.97. The van der Waals surface area contributed by atoms with Crippen LogP contribution in [0.2, 0.25) is 0 Å². The maximum atomic E-state index is 11.1. The number of imide groups is 1. The molecule has 1 aromatic rings. The topological polar surface area (TPSA) is 59.1 Å². The Morgan fingerprint density at radius 1 is 1.14 bits per heavy atom. The zero-order valence-corrected chi connectivity index (χ0v) is 7.56. The lowest BCUT2D eigenvalue weighted by atomic mass is 9.90. The minimum absolute atomic E-state index is 0.0132. The van der Waals surface area contributed by atoms with E-state index in [1.807, 2.05) is 12.1 Å². The molecule has 1 fully saturated rings. The van der Waals surface area contributed by atoms with Gasteiger partial charge in [-0.25, -0.2) is 0 Å². The average molecular weight is 190 g/mol. The fourth-order valence-corrected chi connectivity index (χ4v) is 1.65. The number of hydrogen-bond donors (Lipinski definition) is 1. The third kappa shape index (κ3) is 1.79. The quantitative estimate of drug-likeness (QED) is 0.660. The molecular weight excluding hydrogens is 180 g/mol. The van der Waals surface area contributed by atoms with Crippen LogP contribution in [0.25, 0.3) is 0 Å². The molecule has 2 heterocycles. The van der Waals surface area contributed by atoms with Gasteiger partial charge < -0.3 is 0 Å². The largest absolute Gasteiger partial charge is 0.296 e. The molecule has 1 saturated heterocycles. The molecule has 1 aliphatic rings. The molecule has 0 spiro atoms. The van der Waals surface area contributed by atoms with Crippen LogP contribution in [-0.4, -0.2) is 16.8 Å². The number of carbonyl (C=O) groups excluding carboxylic acids is 2. The van der Waals surface area contributed by atoms with E-state index in [9.17, 15) is 9.59 Å². The van der Waals surface area contributed by atoms with E-state index < -0.39 is 0 Å². The number of hydrogen-bond acceptors (Lipinski definition) is 3. The van der Waals surface area contributed by atoms with Crippen LogP contribution >= 0.6 is 0 Å². The highest BCUT2D eigenvalue weighted by atomic mass is 16.2. The monoisotopic (exact) mass is 190 g/mol. The van der Waals surface area contributed by atoms with E-state index in [2.05, 4.69) is 10.3 Å². The van der Waals surface area contributed by atoms with Crippen LogP contribution in [0.15, 0.2) is 24.5 Å². The summed E-state index contributed by atoms with van der Waals surface area (Å²) in [5, 5.41) is 2.29. The van der Waals surface area contributed by atoms with Gasteiger partial charge in [0.05, 0.1) is 0 Å². The second-order valence-electron chi connectivity index (χ2n) is 3.36. The number of pyridine rings is 1. The average Bonchev–Trinajstić information content (AvgIpc) is 2.18. The number of piperidine rings is 1. The first-order chi connectivity index (χ1) is 6.75. The number of nitrogens with zero attached hydrogens (tertiary/aromatic N) is 1. The Labute approximate surface area is 81.3 Å². The smallest absolute Gasteiger partial charge is 0.227 e. The molecule has 1 N–H and O–H groups in total. The van der Waals surface area contributed by atoms with Crippen molar-refractivity contribution >= 4 is 11.8 Å². The summed E-state index contributed by atoms with van der Waals surface area (Å²) in [6, 6.07) is 3.69. The molecule has 4 nitrogen and oxygen atoms in total. The standard InChI is InChI=1S/C10H10N2O2/c13-9-5-8(6-10(14)12-9)7-1-3-11-4-2-7/h1-4,8H,5-6H2,(H,12,13,14). The molecule has 0 bridgehead atoms. The van der Waals surface area contributed by atoms with Crippen molar-refractivity contribution in [3.8, 4) is 0 Å². The summed E-state index contributed by atoms with van der Waals surface area (Å²) in [4.78, 5) is 26.1. The van der Waals surface area contributed by atoms with Gasteiger partial charge in [-0.05, 0) is 17.7 Å².